The number of carbonyl (C=O) groups is 1. The van der Waals surface area contributed by atoms with Gasteiger partial charge in [0.25, 0.3) is 5.91 Å². The van der Waals surface area contributed by atoms with Gasteiger partial charge >= 0.3 is 0 Å². The van der Waals surface area contributed by atoms with E-state index in [4.69, 9.17) is 25.8 Å². The zero-order chi connectivity index (χ0) is 21.6. The Hall–Kier alpha value is -3.78. The van der Waals surface area contributed by atoms with Crippen LogP contribution in [-0.2, 0) is 6.54 Å². The minimum atomic E-state index is -0.352. The fourth-order valence-corrected chi connectivity index (χ4v) is 3.13. The second kappa shape index (κ2) is 9.36. The molecule has 3 aromatic rings. The molecule has 0 aliphatic carbocycles. The number of carbonyl (C=O) groups excluding carboxylic acids is 1. The van der Waals surface area contributed by atoms with Crippen molar-refractivity contribution in [2.75, 3.05) is 19.2 Å². The molecule has 158 valence electrons. The number of halogens is 1. The number of guanidine groups is 1. The zero-order valence-electron chi connectivity index (χ0n) is 16.6. The molecule has 4 rings (SSSR count). The quantitative estimate of drug-likeness (QED) is 0.464. The largest absolute Gasteiger partial charge is 0.495 e. The Morgan fingerprint density at radius 2 is 2.06 bits per heavy atom. The van der Waals surface area contributed by atoms with Gasteiger partial charge in [0.1, 0.15) is 5.75 Å². The van der Waals surface area contributed by atoms with E-state index < -0.39 is 0 Å². The van der Waals surface area contributed by atoms with E-state index in [-0.39, 0.29) is 18.7 Å². The molecular formula is C22H19ClN4O4. The summed E-state index contributed by atoms with van der Waals surface area (Å²) in [7, 11) is 1.54. The van der Waals surface area contributed by atoms with E-state index in [9.17, 15) is 4.79 Å². The maximum atomic E-state index is 12.8. The van der Waals surface area contributed by atoms with Crippen molar-refractivity contribution in [3.63, 3.8) is 0 Å². The second-order valence-electron chi connectivity index (χ2n) is 6.52. The number of nitrogens with one attached hydrogen (secondary N) is 2. The predicted molar refractivity (Wildman–Crippen MR) is 117 cm³/mol. The number of ether oxygens (including phenoxy) is 3. The van der Waals surface area contributed by atoms with Crippen LogP contribution < -0.4 is 24.8 Å². The number of hydrogen-bond acceptors (Lipinski definition) is 6. The van der Waals surface area contributed by atoms with E-state index in [0.29, 0.717) is 40.1 Å². The number of hydrogen-bond donors (Lipinski definition) is 2. The number of amides is 1. The van der Waals surface area contributed by atoms with Crippen LogP contribution in [0, 0.1) is 0 Å². The van der Waals surface area contributed by atoms with Crippen molar-refractivity contribution in [2.24, 2.45) is 4.99 Å². The highest BCUT2D eigenvalue weighted by molar-refractivity contribution is 6.32. The molecule has 1 aliphatic heterocycles. The minimum absolute atomic E-state index is 0.137. The fourth-order valence-electron chi connectivity index (χ4n) is 2.87. The lowest BCUT2D eigenvalue weighted by Crippen LogP contribution is -2.36. The Labute approximate surface area is 183 Å². The first-order valence-corrected chi connectivity index (χ1v) is 9.75. The van der Waals surface area contributed by atoms with Crippen molar-refractivity contribution in [1.82, 2.24) is 10.3 Å². The molecule has 2 heterocycles. The summed E-state index contributed by atoms with van der Waals surface area (Å²) in [5.74, 6) is 1.58. The lowest BCUT2D eigenvalue weighted by molar-refractivity contribution is 0.0976. The van der Waals surface area contributed by atoms with Crippen molar-refractivity contribution >= 4 is 29.2 Å². The second-order valence-corrected chi connectivity index (χ2v) is 6.93. The molecule has 0 bridgehead atoms. The van der Waals surface area contributed by atoms with Gasteiger partial charge in [-0.05, 0) is 48.0 Å². The lowest BCUT2D eigenvalue weighted by atomic mass is 10.2. The standard InChI is InChI=1S/C22H19ClN4O4/c1-29-18-7-5-16(10-17(18)23)26-22(25-12-14-3-2-8-24-11-14)27-21(28)15-4-6-19-20(9-15)31-13-30-19/h2-11H,12-13H2,1H3,(H2,25,26,27,28). The zero-order valence-corrected chi connectivity index (χ0v) is 17.3. The van der Waals surface area contributed by atoms with Crippen LogP contribution >= 0.6 is 11.6 Å². The molecule has 31 heavy (non-hydrogen) atoms. The fraction of sp³-hybridized carbons (Fsp3) is 0.136. The smallest absolute Gasteiger partial charge is 0.258 e. The molecule has 8 nitrogen and oxygen atoms in total. The van der Waals surface area contributed by atoms with Crippen molar-refractivity contribution in [3.05, 3.63) is 77.1 Å². The summed E-state index contributed by atoms with van der Waals surface area (Å²) < 4.78 is 15.8. The normalized spacial score (nSPS) is 12.4. The number of anilines is 1. The highest BCUT2D eigenvalue weighted by Crippen LogP contribution is 2.32. The van der Waals surface area contributed by atoms with Gasteiger partial charge in [-0.3, -0.25) is 15.1 Å². The van der Waals surface area contributed by atoms with Gasteiger partial charge in [-0.25, -0.2) is 4.99 Å². The molecule has 2 N–H and O–H groups in total. The summed E-state index contributed by atoms with van der Waals surface area (Å²) in [5.41, 5.74) is 1.95. The molecule has 0 saturated carbocycles. The van der Waals surface area contributed by atoms with E-state index in [2.05, 4.69) is 20.6 Å². The molecule has 2 aromatic carbocycles. The predicted octanol–water partition coefficient (Wildman–Crippen LogP) is 3.87. The topological polar surface area (TPSA) is 94.1 Å². The van der Waals surface area contributed by atoms with Gasteiger partial charge in [-0.2, -0.15) is 0 Å². The summed E-state index contributed by atoms with van der Waals surface area (Å²) in [6.07, 6.45) is 3.40. The van der Waals surface area contributed by atoms with Crippen LogP contribution in [0.4, 0.5) is 5.69 Å². The van der Waals surface area contributed by atoms with Gasteiger partial charge in [0.2, 0.25) is 12.8 Å². The third kappa shape index (κ3) is 5.04. The van der Waals surface area contributed by atoms with E-state index in [1.807, 2.05) is 12.1 Å². The molecule has 0 spiro atoms. The van der Waals surface area contributed by atoms with Crippen LogP contribution in [0.3, 0.4) is 0 Å². The molecule has 0 atom stereocenters. The van der Waals surface area contributed by atoms with E-state index >= 15 is 0 Å². The maximum absolute atomic E-state index is 12.8. The number of pyridine rings is 1. The van der Waals surface area contributed by atoms with Gasteiger partial charge < -0.3 is 19.5 Å². The highest BCUT2D eigenvalue weighted by Gasteiger charge is 2.17. The van der Waals surface area contributed by atoms with Gasteiger partial charge in [0.05, 0.1) is 18.7 Å². The number of aliphatic imine (C=N–C) groups is 1. The molecule has 0 saturated heterocycles. The van der Waals surface area contributed by atoms with E-state index in [1.165, 1.54) is 0 Å². The first-order chi connectivity index (χ1) is 15.1. The number of rotatable bonds is 5. The monoisotopic (exact) mass is 438 g/mol. The first kappa shape index (κ1) is 20.5. The van der Waals surface area contributed by atoms with Crippen LogP contribution in [0.2, 0.25) is 5.02 Å². The number of nitrogens with zero attached hydrogens (tertiary/aromatic N) is 2. The summed E-state index contributed by atoms with van der Waals surface area (Å²) in [4.78, 5) is 21.4. The Morgan fingerprint density at radius 3 is 2.84 bits per heavy atom. The summed E-state index contributed by atoms with van der Waals surface area (Å²) >= 11 is 6.22. The first-order valence-electron chi connectivity index (χ1n) is 9.37. The third-order valence-electron chi connectivity index (χ3n) is 4.42. The Morgan fingerprint density at radius 1 is 1.19 bits per heavy atom. The molecule has 1 aromatic heterocycles. The van der Waals surface area contributed by atoms with Crippen LogP contribution in [-0.4, -0.2) is 30.8 Å². The molecule has 0 radical (unpaired) electrons. The average Bonchev–Trinajstić information content (AvgIpc) is 3.26. The van der Waals surface area contributed by atoms with Crippen molar-refractivity contribution in [2.45, 2.75) is 6.54 Å². The Bertz CT molecular complexity index is 1120. The van der Waals surface area contributed by atoms with Gasteiger partial charge in [-0.15, -0.1) is 0 Å². The van der Waals surface area contributed by atoms with Crippen LogP contribution in [0.15, 0.2) is 65.9 Å². The lowest BCUT2D eigenvalue weighted by Gasteiger charge is -2.13. The average molecular weight is 439 g/mol. The molecular weight excluding hydrogens is 420 g/mol. The Balaban J connectivity index is 1.55. The molecule has 0 fully saturated rings. The molecule has 9 heteroatoms. The highest BCUT2D eigenvalue weighted by atomic mass is 35.5. The summed E-state index contributed by atoms with van der Waals surface area (Å²) in [6.45, 7) is 0.458. The van der Waals surface area contributed by atoms with Crippen molar-refractivity contribution in [3.8, 4) is 17.2 Å². The maximum Gasteiger partial charge on any atom is 0.258 e. The minimum Gasteiger partial charge on any atom is -0.495 e. The summed E-state index contributed by atoms with van der Waals surface area (Å²) in [6, 6.07) is 13.9. The van der Waals surface area contributed by atoms with Gasteiger partial charge in [-0.1, -0.05) is 17.7 Å². The van der Waals surface area contributed by atoms with Gasteiger partial charge in [0, 0.05) is 23.6 Å². The molecule has 1 aliphatic rings. The molecule has 0 unspecified atom stereocenters. The van der Waals surface area contributed by atoms with Gasteiger partial charge in [0.15, 0.2) is 11.5 Å². The van der Waals surface area contributed by atoms with E-state index in [1.54, 1.807) is 55.9 Å². The molecule has 1 amide bonds. The van der Waals surface area contributed by atoms with Crippen molar-refractivity contribution in [1.29, 1.82) is 0 Å². The third-order valence-corrected chi connectivity index (χ3v) is 4.72. The number of fused-ring (bicyclic) bond motifs is 1. The van der Waals surface area contributed by atoms with Crippen LogP contribution in [0.1, 0.15) is 15.9 Å². The number of methoxy groups -OCH3 is 1. The summed E-state index contributed by atoms with van der Waals surface area (Å²) in [5, 5.41) is 6.33. The Kier molecular flexibility index (Phi) is 6.18. The van der Waals surface area contributed by atoms with Crippen molar-refractivity contribution < 1.29 is 19.0 Å². The number of aromatic nitrogens is 1. The SMILES string of the molecule is COc1ccc(NC(=NCc2cccnc2)NC(=O)c2ccc3c(c2)OCO3)cc1Cl. The van der Waals surface area contributed by atoms with Crippen LogP contribution in [0.25, 0.3) is 0 Å². The number of benzene rings is 2. The van der Waals surface area contributed by atoms with Crippen LogP contribution in [0.5, 0.6) is 17.2 Å². The van der Waals surface area contributed by atoms with E-state index in [0.717, 1.165) is 5.56 Å².